The minimum absolute atomic E-state index is 0.0747. The highest BCUT2D eigenvalue weighted by atomic mass is 32.2. The first kappa shape index (κ1) is 9.85. The SMILES string of the molecule is CCNc1noc(N)c1S(C)(=O)=O. The van der Waals surface area contributed by atoms with Crippen LogP contribution in [0, 0.1) is 0 Å². The minimum Gasteiger partial charge on any atom is -0.366 e. The molecule has 0 saturated heterocycles. The number of rotatable bonds is 3. The van der Waals surface area contributed by atoms with Gasteiger partial charge in [0.25, 0.3) is 0 Å². The summed E-state index contributed by atoms with van der Waals surface area (Å²) < 4.78 is 26.9. The molecule has 1 aromatic rings. The highest BCUT2D eigenvalue weighted by Gasteiger charge is 2.22. The molecule has 0 atom stereocenters. The summed E-state index contributed by atoms with van der Waals surface area (Å²) in [6.45, 7) is 2.37. The van der Waals surface area contributed by atoms with Crippen molar-refractivity contribution >= 4 is 21.5 Å². The first-order valence-electron chi connectivity index (χ1n) is 3.66. The van der Waals surface area contributed by atoms with Gasteiger partial charge in [0.05, 0.1) is 0 Å². The Morgan fingerprint density at radius 1 is 1.62 bits per heavy atom. The van der Waals surface area contributed by atoms with Crippen LogP contribution in [0.4, 0.5) is 11.7 Å². The molecule has 0 aliphatic carbocycles. The normalized spacial score (nSPS) is 11.5. The van der Waals surface area contributed by atoms with Gasteiger partial charge < -0.3 is 15.6 Å². The molecule has 6 nitrogen and oxygen atoms in total. The molecule has 0 aliphatic heterocycles. The topological polar surface area (TPSA) is 98.2 Å². The third-order valence-corrected chi connectivity index (χ3v) is 2.53. The van der Waals surface area contributed by atoms with Gasteiger partial charge in [-0.1, -0.05) is 5.16 Å². The van der Waals surface area contributed by atoms with Crippen LogP contribution in [0.25, 0.3) is 0 Å². The van der Waals surface area contributed by atoms with Gasteiger partial charge in [0.1, 0.15) is 0 Å². The fourth-order valence-electron chi connectivity index (χ4n) is 0.933. The van der Waals surface area contributed by atoms with Crippen LogP contribution in [-0.2, 0) is 9.84 Å². The zero-order valence-electron chi connectivity index (χ0n) is 7.36. The lowest BCUT2D eigenvalue weighted by Crippen LogP contribution is -2.05. The number of hydrogen-bond donors (Lipinski definition) is 2. The first-order chi connectivity index (χ1) is 5.96. The lowest BCUT2D eigenvalue weighted by atomic mass is 10.5. The number of aromatic nitrogens is 1. The molecule has 1 heterocycles. The second-order valence-corrected chi connectivity index (χ2v) is 4.48. The molecule has 0 aromatic carbocycles. The predicted molar refractivity (Wildman–Crippen MR) is 48.2 cm³/mol. The van der Waals surface area contributed by atoms with Crippen molar-refractivity contribution < 1.29 is 12.9 Å². The number of anilines is 2. The standard InChI is InChI=1S/C6H11N3O3S/c1-3-8-6-4(13(2,10)11)5(7)12-9-6/h3,7H2,1-2H3,(H,8,9). The van der Waals surface area contributed by atoms with Crippen molar-refractivity contribution in [3.05, 3.63) is 0 Å². The third kappa shape index (κ3) is 1.92. The van der Waals surface area contributed by atoms with E-state index in [4.69, 9.17) is 5.73 Å². The molecule has 13 heavy (non-hydrogen) atoms. The van der Waals surface area contributed by atoms with E-state index in [9.17, 15) is 8.42 Å². The van der Waals surface area contributed by atoms with E-state index in [-0.39, 0.29) is 16.6 Å². The summed E-state index contributed by atoms with van der Waals surface area (Å²) in [5, 5.41) is 6.22. The Balaban J connectivity index is 3.25. The summed E-state index contributed by atoms with van der Waals surface area (Å²) in [7, 11) is -3.39. The zero-order valence-corrected chi connectivity index (χ0v) is 8.18. The Morgan fingerprint density at radius 3 is 2.69 bits per heavy atom. The van der Waals surface area contributed by atoms with Gasteiger partial charge in [-0.2, -0.15) is 0 Å². The molecule has 0 fully saturated rings. The van der Waals surface area contributed by atoms with Crippen molar-refractivity contribution in [3.8, 4) is 0 Å². The molecule has 7 heteroatoms. The largest absolute Gasteiger partial charge is 0.366 e. The van der Waals surface area contributed by atoms with Gasteiger partial charge in [-0.05, 0) is 6.92 Å². The van der Waals surface area contributed by atoms with E-state index in [0.717, 1.165) is 6.26 Å². The first-order valence-corrected chi connectivity index (χ1v) is 5.55. The van der Waals surface area contributed by atoms with Crippen molar-refractivity contribution in [2.45, 2.75) is 11.8 Å². The van der Waals surface area contributed by atoms with Crippen LogP contribution >= 0.6 is 0 Å². The minimum atomic E-state index is -3.39. The quantitative estimate of drug-likeness (QED) is 0.725. The predicted octanol–water partition coefficient (Wildman–Crippen LogP) is 0.0921. The van der Waals surface area contributed by atoms with E-state index < -0.39 is 9.84 Å². The van der Waals surface area contributed by atoms with Crippen molar-refractivity contribution in [1.29, 1.82) is 0 Å². The lowest BCUT2D eigenvalue weighted by Gasteiger charge is -1.99. The summed E-state index contributed by atoms with van der Waals surface area (Å²) in [6, 6.07) is 0. The molecule has 0 aliphatic rings. The van der Waals surface area contributed by atoms with E-state index >= 15 is 0 Å². The number of nitrogens with two attached hydrogens (primary N) is 1. The van der Waals surface area contributed by atoms with Gasteiger partial charge in [0.2, 0.25) is 5.88 Å². The van der Waals surface area contributed by atoms with Crippen LogP contribution in [0.3, 0.4) is 0 Å². The Kier molecular flexibility index (Phi) is 2.46. The van der Waals surface area contributed by atoms with Crippen LogP contribution in [0.15, 0.2) is 9.42 Å². The second kappa shape index (κ2) is 3.25. The highest BCUT2D eigenvalue weighted by Crippen LogP contribution is 2.26. The molecular weight excluding hydrogens is 194 g/mol. The molecule has 3 N–H and O–H groups in total. The van der Waals surface area contributed by atoms with Crippen molar-refractivity contribution in [3.63, 3.8) is 0 Å². The number of nitrogen functional groups attached to an aromatic ring is 1. The molecule has 0 radical (unpaired) electrons. The molecular formula is C6H11N3O3S. The van der Waals surface area contributed by atoms with Gasteiger partial charge >= 0.3 is 0 Å². The van der Waals surface area contributed by atoms with Crippen molar-refractivity contribution in [1.82, 2.24) is 5.16 Å². The molecule has 1 rings (SSSR count). The molecule has 0 saturated carbocycles. The summed E-state index contributed by atoms with van der Waals surface area (Å²) >= 11 is 0. The zero-order chi connectivity index (χ0) is 10.1. The van der Waals surface area contributed by atoms with Gasteiger partial charge in [-0.3, -0.25) is 0 Å². The van der Waals surface area contributed by atoms with Crippen molar-refractivity contribution in [2.24, 2.45) is 0 Å². The smallest absolute Gasteiger partial charge is 0.243 e. The maximum absolute atomic E-state index is 11.2. The van der Waals surface area contributed by atoms with E-state index in [1.54, 1.807) is 0 Å². The fourth-order valence-corrected chi connectivity index (χ4v) is 1.80. The summed E-state index contributed by atoms with van der Waals surface area (Å²) in [5.74, 6) is -0.0130. The van der Waals surface area contributed by atoms with Gasteiger partial charge in [-0.25, -0.2) is 8.42 Å². The summed E-state index contributed by atoms with van der Waals surface area (Å²) in [6.07, 6.45) is 1.05. The van der Waals surface area contributed by atoms with Crippen LogP contribution in [0.2, 0.25) is 0 Å². The Morgan fingerprint density at radius 2 is 2.23 bits per heavy atom. The van der Waals surface area contributed by atoms with Crippen molar-refractivity contribution in [2.75, 3.05) is 23.9 Å². The highest BCUT2D eigenvalue weighted by molar-refractivity contribution is 7.91. The number of hydrogen-bond acceptors (Lipinski definition) is 6. The van der Waals surface area contributed by atoms with Gasteiger partial charge in [0, 0.05) is 12.8 Å². The summed E-state index contributed by atoms with van der Waals surface area (Å²) in [4.78, 5) is -0.0747. The molecule has 0 spiro atoms. The average Bonchev–Trinajstić information content (AvgIpc) is 2.31. The van der Waals surface area contributed by atoms with E-state index in [0.29, 0.717) is 6.54 Å². The number of sulfone groups is 1. The number of nitrogens with zero attached hydrogens (tertiary/aromatic N) is 1. The van der Waals surface area contributed by atoms with Crippen LogP contribution in [-0.4, -0.2) is 26.4 Å². The Hall–Kier alpha value is -1.24. The van der Waals surface area contributed by atoms with Gasteiger partial charge in [-0.15, -0.1) is 0 Å². The monoisotopic (exact) mass is 205 g/mol. The maximum Gasteiger partial charge on any atom is 0.243 e. The lowest BCUT2D eigenvalue weighted by molar-refractivity contribution is 0.437. The number of nitrogens with one attached hydrogen (secondary N) is 1. The third-order valence-electron chi connectivity index (χ3n) is 1.39. The summed E-state index contributed by atoms with van der Waals surface area (Å²) in [5.41, 5.74) is 5.31. The molecule has 74 valence electrons. The molecule has 1 aromatic heterocycles. The molecule has 0 unspecified atom stereocenters. The van der Waals surface area contributed by atoms with E-state index in [2.05, 4.69) is 15.0 Å². The van der Waals surface area contributed by atoms with E-state index in [1.807, 2.05) is 6.92 Å². The molecule has 0 amide bonds. The maximum atomic E-state index is 11.2. The van der Waals surface area contributed by atoms with Crippen LogP contribution in [0.1, 0.15) is 6.92 Å². The molecule has 0 bridgehead atoms. The van der Waals surface area contributed by atoms with Gasteiger partial charge in [0.15, 0.2) is 20.6 Å². The van der Waals surface area contributed by atoms with Crippen LogP contribution < -0.4 is 11.1 Å². The second-order valence-electron chi connectivity index (χ2n) is 2.53. The fraction of sp³-hybridized carbons (Fsp3) is 0.500. The van der Waals surface area contributed by atoms with Crippen LogP contribution in [0.5, 0.6) is 0 Å². The Bertz CT molecular complexity index is 395. The average molecular weight is 205 g/mol. The van der Waals surface area contributed by atoms with E-state index in [1.165, 1.54) is 0 Å². The Labute approximate surface area is 76.0 Å².